The van der Waals surface area contributed by atoms with Crippen LogP contribution in [0.3, 0.4) is 0 Å². The molecule has 1 heterocycles. The van der Waals surface area contributed by atoms with Gasteiger partial charge in [-0.15, -0.1) is 6.58 Å². The number of rotatable bonds is 7. The van der Waals surface area contributed by atoms with Gasteiger partial charge in [-0.25, -0.2) is 0 Å². The first-order chi connectivity index (χ1) is 8.17. The van der Waals surface area contributed by atoms with E-state index in [1.807, 2.05) is 6.08 Å². The molecular weight excluding hydrogens is 235 g/mol. The summed E-state index contributed by atoms with van der Waals surface area (Å²) in [4.78, 5) is 0. The monoisotopic (exact) mass is 260 g/mol. The highest BCUT2D eigenvalue weighted by atomic mass is 31.0. The SMILES string of the molecule is C=CC[C@@H]1O[C@H](C[C@@H](CC)OP)[C@H](OC)[C@H]1C. The van der Waals surface area contributed by atoms with Crippen molar-refractivity contribution < 1.29 is 14.0 Å². The highest BCUT2D eigenvalue weighted by Gasteiger charge is 2.41. The summed E-state index contributed by atoms with van der Waals surface area (Å²) in [5.41, 5.74) is 0. The Kier molecular flexibility index (Phi) is 6.65. The van der Waals surface area contributed by atoms with Crippen molar-refractivity contribution in [2.75, 3.05) is 7.11 Å². The Hall–Kier alpha value is 0.0500. The van der Waals surface area contributed by atoms with Crippen LogP contribution in [0.5, 0.6) is 0 Å². The summed E-state index contributed by atoms with van der Waals surface area (Å²) >= 11 is 0. The van der Waals surface area contributed by atoms with Crippen molar-refractivity contribution in [3.8, 4) is 0 Å². The number of ether oxygens (including phenoxy) is 2. The zero-order valence-electron chi connectivity index (χ0n) is 11.1. The molecule has 0 aromatic heterocycles. The molecule has 1 unspecified atom stereocenters. The molecule has 0 aromatic carbocycles. The first kappa shape index (κ1) is 15.1. The van der Waals surface area contributed by atoms with Crippen molar-refractivity contribution in [3.05, 3.63) is 12.7 Å². The summed E-state index contributed by atoms with van der Waals surface area (Å²) < 4.78 is 17.0. The first-order valence-corrected chi connectivity index (χ1v) is 6.79. The van der Waals surface area contributed by atoms with E-state index < -0.39 is 0 Å². The molecular formula is C13H25O3P. The Morgan fingerprint density at radius 1 is 1.47 bits per heavy atom. The minimum absolute atomic E-state index is 0.130. The van der Waals surface area contributed by atoms with Crippen molar-refractivity contribution >= 4 is 9.47 Å². The van der Waals surface area contributed by atoms with Crippen molar-refractivity contribution in [1.29, 1.82) is 0 Å². The van der Waals surface area contributed by atoms with E-state index in [9.17, 15) is 0 Å². The summed E-state index contributed by atoms with van der Waals surface area (Å²) in [5, 5.41) is 0. The average molecular weight is 260 g/mol. The Labute approximate surface area is 107 Å². The predicted octanol–water partition coefficient (Wildman–Crippen LogP) is 2.96. The Balaban J connectivity index is 2.61. The van der Waals surface area contributed by atoms with Crippen LogP contribution >= 0.6 is 9.47 Å². The molecule has 3 nitrogen and oxygen atoms in total. The van der Waals surface area contributed by atoms with E-state index in [-0.39, 0.29) is 24.4 Å². The molecule has 6 atom stereocenters. The normalized spacial score (nSPS) is 34.8. The van der Waals surface area contributed by atoms with Crippen LogP contribution < -0.4 is 0 Å². The van der Waals surface area contributed by atoms with E-state index in [1.165, 1.54) is 0 Å². The average Bonchev–Trinajstić information content (AvgIpc) is 2.63. The fourth-order valence-electron chi connectivity index (χ4n) is 2.54. The van der Waals surface area contributed by atoms with Crippen molar-refractivity contribution in [2.45, 2.75) is 57.5 Å². The van der Waals surface area contributed by atoms with Crippen LogP contribution in [0.15, 0.2) is 12.7 Å². The predicted molar refractivity (Wildman–Crippen MR) is 72.9 cm³/mol. The second-order valence-corrected chi connectivity index (χ2v) is 4.97. The topological polar surface area (TPSA) is 27.7 Å². The molecule has 17 heavy (non-hydrogen) atoms. The Bertz CT molecular complexity index is 231. The molecule has 0 radical (unpaired) electrons. The highest BCUT2D eigenvalue weighted by Crippen LogP contribution is 2.34. The molecule has 1 aliphatic heterocycles. The molecule has 1 saturated heterocycles. The van der Waals surface area contributed by atoms with Gasteiger partial charge in [0.15, 0.2) is 0 Å². The second-order valence-electron chi connectivity index (χ2n) is 4.70. The largest absolute Gasteiger partial charge is 0.378 e. The molecule has 0 amide bonds. The number of hydrogen-bond acceptors (Lipinski definition) is 3. The quantitative estimate of drug-likeness (QED) is 0.520. The fourth-order valence-corrected chi connectivity index (χ4v) is 2.85. The van der Waals surface area contributed by atoms with E-state index in [2.05, 4.69) is 29.9 Å². The smallest absolute Gasteiger partial charge is 0.0884 e. The molecule has 0 saturated carbocycles. The lowest BCUT2D eigenvalue weighted by molar-refractivity contribution is -0.0255. The molecule has 0 N–H and O–H groups in total. The van der Waals surface area contributed by atoms with Gasteiger partial charge >= 0.3 is 0 Å². The molecule has 1 fully saturated rings. The van der Waals surface area contributed by atoms with E-state index >= 15 is 0 Å². The molecule has 4 heteroatoms. The Morgan fingerprint density at radius 2 is 2.18 bits per heavy atom. The highest BCUT2D eigenvalue weighted by molar-refractivity contribution is 7.09. The third-order valence-electron chi connectivity index (χ3n) is 3.63. The van der Waals surface area contributed by atoms with E-state index in [0.29, 0.717) is 5.92 Å². The van der Waals surface area contributed by atoms with Crippen LogP contribution in [-0.4, -0.2) is 31.5 Å². The molecule has 1 rings (SSSR count). The van der Waals surface area contributed by atoms with Gasteiger partial charge in [0.2, 0.25) is 0 Å². The van der Waals surface area contributed by atoms with Gasteiger partial charge in [0.25, 0.3) is 0 Å². The van der Waals surface area contributed by atoms with Gasteiger partial charge in [0.05, 0.1) is 24.4 Å². The third kappa shape index (κ3) is 3.75. The lowest BCUT2D eigenvalue weighted by Gasteiger charge is -2.22. The lowest BCUT2D eigenvalue weighted by Crippen LogP contribution is -2.31. The summed E-state index contributed by atoms with van der Waals surface area (Å²) in [6, 6.07) is 0. The van der Waals surface area contributed by atoms with Crippen molar-refractivity contribution in [3.63, 3.8) is 0 Å². The van der Waals surface area contributed by atoms with Gasteiger partial charge in [-0.1, -0.05) is 19.9 Å². The molecule has 0 spiro atoms. The molecule has 100 valence electrons. The molecule has 0 aromatic rings. The lowest BCUT2D eigenvalue weighted by atomic mass is 9.94. The third-order valence-corrected chi connectivity index (χ3v) is 4.02. The van der Waals surface area contributed by atoms with Gasteiger partial charge < -0.3 is 14.0 Å². The number of hydrogen-bond donors (Lipinski definition) is 0. The van der Waals surface area contributed by atoms with Gasteiger partial charge in [-0.05, 0) is 12.8 Å². The minimum atomic E-state index is 0.130. The standard InChI is InChI=1S/C13H25O3P/c1-5-7-11-9(3)13(14-4)12(15-11)8-10(6-2)16-17/h5,9-13H,1,6-8,17H2,2-4H3/t9-,10+,11-,12+,13+/m0/s1. The van der Waals surface area contributed by atoms with Crippen molar-refractivity contribution in [1.82, 2.24) is 0 Å². The maximum absolute atomic E-state index is 6.07. The van der Waals surface area contributed by atoms with Crippen LogP contribution in [0, 0.1) is 5.92 Å². The maximum atomic E-state index is 6.07. The van der Waals surface area contributed by atoms with E-state index in [1.54, 1.807) is 7.11 Å². The van der Waals surface area contributed by atoms with Crippen molar-refractivity contribution in [2.24, 2.45) is 5.92 Å². The summed E-state index contributed by atoms with van der Waals surface area (Å²) in [5.74, 6) is 0.407. The van der Waals surface area contributed by atoms with Crippen LogP contribution in [0.4, 0.5) is 0 Å². The van der Waals surface area contributed by atoms with Crippen LogP contribution in [0.1, 0.15) is 33.1 Å². The minimum Gasteiger partial charge on any atom is -0.378 e. The molecule has 0 aliphatic carbocycles. The van der Waals surface area contributed by atoms with Gasteiger partial charge in [0.1, 0.15) is 0 Å². The molecule has 0 bridgehead atoms. The fraction of sp³-hybridized carbons (Fsp3) is 0.846. The van der Waals surface area contributed by atoms with Gasteiger partial charge in [-0.2, -0.15) is 0 Å². The van der Waals surface area contributed by atoms with E-state index in [4.69, 9.17) is 14.0 Å². The van der Waals surface area contributed by atoms with E-state index in [0.717, 1.165) is 19.3 Å². The van der Waals surface area contributed by atoms with Crippen LogP contribution in [0.2, 0.25) is 0 Å². The summed E-state index contributed by atoms with van der Waals surface area (Å²) in [7, 11) is 4.10. The Morgan fingerprint density at radius 3 is 2.65 bits per heavy atom. The summed E-state index contributed by atoms with van der Waals surface area (Å²) in [6.07, 6.45) is 5.41. The van der Waals surface area contributed by atoms with Gasteiger partial charge in [-0.3, -0.25) is 0 Å². The molecule has 1 aliphatic rings. The number of methoxy groups -OCH3 is 1. The zero-order chi connectivity index (χ0) is 12.8. The van der Waals surface area contributed by atoms with Gasteiger partial charge in [0, 0.05) is 28.9 Å². The zero-order valence-corrected chi connectivity index (χ0v) is 12.2. The van der Waals surface area contributed by atoms with Crippen LogP contribution in [-0.2, 0) is 14.0 Å². The second kappa shape index (κ2) is 7.48. The maximum Gasteiger partial charge on any atom is 0.0884 e. The van der Waals surface area contributed by atoms with Crippen LogP contribution in [0.25, 0.3) is 0 Å². The first-order valence-electron chi connectivity index (χ1n) is 6.32. The summed E-state index contributed by atoms with van der Waals surface area (Å²) in [6.45, 7) is 8.09.